The maximum atomic E-state index is 11.4. The number of nitrogens with one attached hydrogen (secondary N) is 1. The van der Waals surface area contributed by atoms with E-state index in [9.17, 15) is 4.79 Å². The van der Waals surface area contributed by atoms with Crippen molar-refractivity contribution in [2.24, 2.45) is 0 Å². The van der Waals surface area contributed by atoms with Crippen LogP contribution in [0.5, 0.6) is 0 Å². The molecule has 0 aromatic carbocycles. The Kier molecular flexibility index (Phi) is 3.69. The van der Waals surface area contributed by atoms with Gasteiger partial charge in [-0.15, -0.1) is 0 Å². The highest BCUT2D eigenvalue weighted by Crippen LogP contribution is 2.08. The second-order valence-corrected chi connectivity index (χ2v) is 3.69. The summed E-state index contributed by atoms with van der Waals surface area (Å²) in [6.07, 6.45) is 1.30. The summed E-state index contributed by atoms with van der Waals surface area (Å²) in [5.41, 5.74) is 0. The van der Waals surface area contributed by atoms with Crippen LogP contribution < -0.4 is 5.32 Å². The van der Waals surface area contributed by atoms with Crippen LogP contribution in [0.4, 0.5) is 0 Å². The molecule has 0 aliphatic carbocycles. The van der Waals surface area contributed by atoms with Crippen molar-refractivity contribution < 1.29 is 9.90 Å². The molecule has 4 heteroatoms. The van der Waals surface area contributed by atoms with Crippen LogP contribution in [0.1, 0.15) is 19.8 Å². The molecule has 0 spiro atoms. The quantitative estimate of drug-likeness (QED) is 0.627. The summed E-state index contributed by atoms with van der Waals surface area (Å²) in [5.74, 6) is 0.172. The number of hydrogen-bond donors (Lipinski definition) is 2. The lowest BCUT2D eigenvalue weighted by atomic mass is 10.2. The van der Waals surface area contributed by atoms with Gasteiger partial charge in [-0.05, 0) is 26.3 Å². The lowest BCUT2D eigenvalue weighted by molar-refractivity contribution is -0.128. The normalized spacial score (nSPS) is 25.3. The Morgan fingerprint density at radius 2 is 2.46 bits per heavy atom. The number of likely N-dealkylation sites (N-methyl/N-ethyl adjacent to an activating group) is 1. The van der Waals surface area contributed by atoms with E-state index < -0.39 is 0 Å². The van der Waals surface area contributed by atoms with Gasteiger partial charge in [-0.3, -0.25) is 4.79 Å². The third kappa shape index (κ3) is 2.97. The first kappa shape index (κ1) is 10.5. The number of nitrogens with zero attached hydrogens (tertiary/aromatic N) is 1. The first-order valence-electron chi connectivity index (χ1n) is 4.77. The predicted molar refractivity (Wildman–Crippen MR) is 50.3 cm³/mol. The standard InChI is InChI=1S/C9H18N2O2/c1-7(12)3-5-10-8-4-6-11(2)9(8)13/h7-8,10,12H,3-6H2,1-2H3. The highest BCUT2D eigenvalue weighted by molar-refractivity contribution is 5.83. The Bertz CT molecular complexity index is 182. The summed E-state index contributed by atoms with van der Waals surface area (Å²) in [6.45, 7) is 3.30. The number of carbonyl (C=O) groups excluding carboxylic acids is 1. The van der Waals surface area contributed by atoms with Gasteiger partial charge >= 0.3 is 0 Å². The molecule has 0 saturated carbocycles. The van der Waals surface area contributed by atoms with Crippen molar-refractivity contribution in [1.29, 1.82) is 0 Å². The molecule has 1 amide bonds. The van der Waals surface area contributed by atoms with Gasteiger partial charge in [0.15, 0.2) is 0 Å². The zero-order chi connectivity index (χ0) is 9.84. The van der Waals surface area contributed by atoms with Gasteiger partial charge in [0.05, 0.1) is 12.1 Å². The predicted octanol–water partition coefficient (Wildman–Crippen LogP) is -0.422. The van der Waals surface area contributed by atoms with Gasteiger partial charge in [-0.1, -0.05) is 0 Å². The highest BCUT2D eigenvalue weighted by atomic mass is 16.3. The van der Waals surface area contributed by atoms with Gasteiger partial charge in [0, 0.05) is 13.6 Å². The van der Waals surface area contributed by atoms with Gasteiger partial charge < -0.3 is 15.3 Å². The molecular formula is C9H18N2O2. The van der Waals surface area contributed by atoms with Crippen LogP contribution in [0.15, 0.2) is 0 Å². The fraction of sp³-hybridized carbons (Fsp3) is 0.889. The molecule has 2 unspecified atom stereocenters. The molecule has 1 saturated heterocycles. The zero-order valence-electron chi connectivity index (χ0n) is 8.29. The average Bonchev–Trinajstić information content (AvgIpc) is 2.35. The molecule has 1 fully saturated rings. The van der Waals surface area contributed by atoms with E-state index in [0.717, 1.165) is 13.0 Å². The second-order valence-electron chi connectivity index (χ2n) is 3.69. The van der Waals surface area contributed by atoms with Gasteiger partial charge in [-0.2, -0.15) is 0 Å². The Morgan fingerprint density at radius 3 is 2.92 bits per heavy atom. The highest BCUT2D eigenvalue weighted by Gasteiger charge is 2.27. The van der Waals surface area contributed by atoms with Crippen molar-refractivity contribution in [2.75, 3.05) is 20.1 Å². The summed E-state index contributed by atoms with van der Waals surface area (Å²) in [5, 5.41) is 12.2. The topological polar surface area (TPSA) is 52.6 Å². The van der Waals surface area contributed by atoms with Gasteiger partial charge in [0.1, 0.15) is 0 Å². The Hall–Kier alpha value is -0.610. The van der Waals surface area contributed by atoms with E-state index in [-0.39, 0.29) is 18.1 Å². The largest absolute Gasteiger partial charge is 0.393 e. The van der Waals surface area contributed by atoms with E-state index in [1.807, 2.05) is 7.05 Å². The summed E-state index contributed by atoms with van der Waals surface area (Å²) in [7, 11) is 1.82. The van der Waals surface area contributed by atoms with Crippen LogP contribution in [-0.4, -0.2) is 48.2 Å². The minimum Gasteiger partial charge on any atom is -0.393 e. The van der Waals surface area contributed by atoms with Crippen LogP contribution >= 0.6 is 0 Å². The third-order valence-electron chi connectivity index (χ3n) is 2.38. The van der Waals surface area contributed by atoms with Crippen molar-refractivity contribution in [3.63, 3.8) is 0 Å². The molecule has 1 rings (SSSR count). The maximum Gasteiger partial charge on any atom is 0.239 e. The summed E-state index contributed by atoms with van der Waals surface area (Å²) in [4.78, 5) is 13.1. The van der Waals surface area contributed by atoms with E-state index in [1.165, 1.54) is 0 Å². The molecule has 1 aliphatic heterocycles. The van der Waals surface area contributed by atoms with Crippen LogP contribution in [0.3, 0.4) is 0 Å². The van der Waals surface area contributed by atoms with Gasteiger partial charge in [0.2, 0.25) is 5.91 Å². The van der Waals surface area contributed by atoms with E-state index in [0.29, 0.717) is 13.0 Å². The Labute approximate surface area is 78.9 Å². The molecule has 0 radical (unpaired) electrons. The molecule has 0 aromatic rings. The fourth-order valence-electron chi connectivity index (χ4n) is 1.48. The van der Waals surface area contributed by atoms with E-state index in [1.54, 1.807) is 11.8 Å². The Morgan fingerprint density at radius 1 is 1.77 bits per heavy atom. The lowest BCUT2D eigenvalue weighted by Gasteiger charge is -2.12. The smallest absolute Gasteiger partial charge is 0.239 e. The van der Waals surface area contributed by atoms with Crippen LogP contribution in [0.25, 0.3) is 0 Å². The molecule has 2 N–H and O–H groups in total. The van der Waals surface area contributed by atoms with Gasteiger partial charge in [0.25, 0.3) is 0 Å². The first-order valence-corrected chi connectivity index (χ1v) is 4.77. The zero-order valence-corrected chi connectivity index (χ0v) is 8.29. The van der Waals surface area contributed by atoms with Crippen molar-refractivity contribution >= 4 is 5.91 Å². The third-order valence-corrected chi connectivity index (χ3v) is 2.38. The van der Waals surface area contributed by atoms with Crippen LogP contribution in [0, 0.1) is 0 Å². The van der Waals surface area contributed by atoms with Crippen LogP contribution in [-0.2, 0) is 4.79 Å². The number of rotatable bonds is 4. The second kappa shape index (κ2) is 4.58. The SMILES string of the molecule is CC(O)CCNC1CCN(C)C1=O. The average molecular weight is 186 g/mol. The molecule has 0 bridgehead atoms. The fourth-order valence-corrected chi connectivity index (χ4v) is 1.48. The number of aliphatic hydroxyl groups excluding tert-OH is 1. The van der Waals surface area contributed by atoms with Gasteiger partial charge in [-0.25, -0.2) is 0 Å². The minimum atomic E-state index is -0.290. The number of hydrogen-bond acceptors (Lipinski definition) is 3. The molecular weight excluding hydrogens is 168 g/mol. The van der Waals surface area contributed by atoms with E-state index in [4.69, 9.17) is 5.11 Å². The minimum absolute atomic E-state index is 0.0243. The Balaban J connectivity index is 2.19. The van der Waals surface area contributed by atoms with E-state index in [2.05, 4.69) is 5.32 Å². The molecule has 0 aromatic heterocycles. The number of amides is 1. The number of aliphatic hydroxyl groups is 1. The lowest BCUT2D eigenvalue weighted by Crippen LogP contribution is -2.38. The molecule has 13 heavy (non-hydrogen) atoms. The molecule has 2 atom stereocenters. The monoisotopic (exact) mass is 186 g/mol. The van der Waals surface area contributed by atoms with E-state index >= 15 is 0 Å². The molecule has 76 valence electrons. The molecule has 4 nitrogen and oxygen atoms in total. The van der Waals surface area contributed by atoms with Crippen molar-refractivity contribution in [2.45, 2.75) is 31.9 Å². The number of carbonyl (C=O) groups is 1. The van der Waals surface area contributed by atoms with Crippen molar-refractivity contribution in [3.8, 4) is 0 Å². The van der Waals surface area contributed by atoms with Crippen molar-refractivity contribution in [1.82, 2.24) is 10.2 Å². The summed E-state index contributed by atoms with van der Waals surface area (Å²) < 4.78 is 0. The molecule has 1 heterocycles. The maximum absolute atomic E-state index is 11.4. The summed E-state index contributed by atoms with van der Waals surface area (Å²) in [6, 6.07) is -0.0243. The number of likely N-dealkylation sites (tertiary alicyclic amines) is 1. The first-order chi connectivity index (χ1) is 6.11. The van der Waals surface area contributed by atoms with Crippen LogP contribution in [0.2, 0.25) is 0 Å². The van der Waals surface area contributed by atoms with Crippen molar-refractivity contribution in [3.05, 3.63) is 0 Å². The molecule has 1 aliphatic rings. The summed E-state index contributed by atoms with van der Waals surface area (Å²) >= 11 is 0.